The zero-order valence-electron chi connectivity index (χ0n) is 15.3. The summed E-state index contributed by atoms with van der Waals surface area (Å²) in [6, 6.07) is 16.3. The molecule has 26 heavy (non-hydrogen) atoms. The van der Waals surface area contributed by atoms with Crippen LogP contribution in [-0.2, 0) is 6.61 Å². The zero-order chi connectivity index (χ0) is 17.6. The minimum atomic E-state index is -0.0277. The van der Waals surface area contributed by atoms with Gasteiger partial charge in [0, 0.05) is 17.6 Å². The molecule has 140 valence electrons. The smallest absolute Gasteiger partial charge is 0.251 e. The van der Waals surface area contributed by atoms with E-state index in [1.807, 2.05) is 36.4 Å². The number of piperidine rings is 1. The lowest BCUT2D eigenvalue weighted by atomic mass is 10.0. The molecule has 2 atom stereocenters. The quantitative estimate of drug-likeness (QED) is 0.835. The second kappa shape index (κ2) is 9.60. The van der Waals surface area contributed by atoms with Crippen LogP contribution in [-0.4, -0.2) is 24.5 Å². The summed E-state index contributed by atoms with van der Waals surface area (Å²) in [5, 5.41) is 6.54. The highest BCUT2D eigenvalue weighted by atomic mass is 35.5. The topological polar surface area (TPSA) is 50.4 Å². The summed E-state index contributed by atoms with van der Waals surface area (Å²) in [6.07, 6.45) is 1.94. The largest absolute Gasteiger partial charge is 0.489 e. The van der Waals surface area contributed by atoms with Crippen molar-refractivity contribution >= 4 is 18.3 Å². The van der Waals surface area contributed by atoms with Crippen LogP contribution in [0.15, 0.2) is 48.5 Å². The highest BCUT2D eigenvalue weighted by molar-refractivity contribution is 5.94. The van der Waals surface area contributed by atoms with Gasteiger partial charge in [0.2, 0.25) is 0 Å². The number of hydrogen-bond donors (Lipinski definition) is 2. The molecule has 1 aliphatic heterocycles. The Labute approximate surface area is 161 Å². The number of amides is 1. The zero-order valence-corrected chi connectivity index (χ0v) is 16.1. The van der Waals surface area contributed by atoms with Crippen LogP contribution in [0, 0.1) is 6.92 Å². The van der Waals surface area contributed by atoms with E-state index in [1.54, 1.807) is 0 Å². The molecule has 0 bridgehead atoms. The van der Waals surface area contributed by atoms with Gasteiger partial charge in [0.15, 0.2) is 0 Å². The van der Waals surface area contributed by atoms with Crippen molar-refractivity contribution in [3.05, 3.63) is 65.2 Å². The minimum absolute atomic E-state index is 0. The van der Waals surface area contributed by atoms with E-state index in [2.05, 4.69) is 36.6 Å². The number of benzene rings is 2. The normalized spacial score (nSPS) is 19.3. The Morgan fingerprint density at radius 2 is 2.04 bits per heavy atom. The average Bonchev–Trinajstić information content (AvgIpc) is 2.60. The maximum Gasteiger partial charge on any atom is 0.251 e. The Kier molecular flexibility index (Phi) is 7.49. The fourth-order valence-electron chi connectivity index (χ4n) is 3.23. The Morgan fingerprint density at radius 1 is 1.23 bits per heavy atom. The molecule has 0 radical (unpaired) electrons. The standard InChI is InChI=1S/C21H26N2O2.ClH/c1-15-5-3-6-17(11-15)14-25-20-8-4-7-18(13-20)21(24)23-19-9-10-22-16(2)12-19;/h3-8,11,13,16,19,22H,9-10,12,14H2,1-2H3,(H,23,24);1H. The number of nitrogens with one attached hydrogen (secondary N) is 2. The van der Waals surface area contributed by atoms with Crippen LogP contribution in [0.5, 0.6) is 5.75 Å². The van der Waals surface area contributed by atoms with Gasteiger partial charge in [0.05, 0.1) is 0 Å². The van der Waals surface area contributed by atoms with E-state index >= 15 is 0 Å². The molecule has 2 aromatic carbocycles. The van der Waals surface area contributed by atoms with Crippen LogP contribution in [0.2, 0.25) is 0 Å². The fraction of sp³-hybridized carbons (Fsp3) is 0.381. The number of aryl methyl sites for hydroxylation is 1. The first-order valence-corrected chi connectivity index (χ1v) is 8.93. The molecule has 1 saturated heterocycles. The number of rotatable bonds is 5. The van der Waals surface area contributed by atoms with E-state index in [1.165, 1.54) is 5.56 Å². The number of carbonyl (C=O) groups excluding carboxylic acids is 1. The molecule has 1 heterocycles. The molecule has 1 amide bonds. The van der Waals surface area contributed by atoms with Crippen molar-refractivity contribution in [2.75, 3.05) is 6.54 Å². The predicted molar refractivity (Wildman–Crippen MR) is 107 cm³/mol. The van der Waals surface area contributed by atoms with Crippen molar-refractivity contribution < 1.29 is 9.53 Å². The van der Waals surface area contributed by atoms with Gasteiger partial charge in [-0.2, -0.15) is 0 Å². The van der Waals surface area contributed by atoms with Crippen LogP contribution in [0.3, 0.4) is 0 Å². The van der Waals surface area contributed by atoms with Crippen molar-refractivity contribution in [3.63, 3.8) is 0 Å². The van der Waals surface area contributed by atoms with E-state index in [9.17, 15) is 4.79 Å². The molecule has 0 aliphatic carbocycles. The van der Waals surface area contributed by atoms with Gasteiger partial charge < -0.3 is 15.4 Å². The van der Waals surface area contributed by atoms with Gasteiger partial charge in [-0.05, 0) is 57.0 Å². The van der Waals surface area contributed by atoms with Crippen molar-refractivity contribution in [1.82, 2.24) is 10.6 Å². The van der Waals surface area contributed by atoms with Gasteiger partial charge in [0.1, 0.15) is 12.4 Å². The van der Waals surface area contributed by atoms with E-state index in [-0.39, 0.29) is 24.4 Å². The molecule has 1 fully saturated rings. The van der Waals surface area contributed by atoms with Crippen LogP contribution < -0.4 is 15.4 Å². The number of hydrogen-bond acceptors (Lipinski definition) is 3. The van der Waals surface area contributed by atoms with Crippen molar-refractivity contribution in [2.24, 2.45) is 0 Å². The third-order valence-corrected chi connectivity index (χ3v) is 4.54. The summed E-state index contributed by atoms with van der Waals surface area (Å²) in [6.45, 7) is 5.67. The Bertz CT molecular complexity index is 735. The lowest BCUT2D eigenvalue weighted by Gasteiger charge is -2.28. The third-order valence-electron chi connectivity index (χ3n) is 4.54. The minimum Gasteiger partial charge on any atom is -0.489 e. The van der Waals surface area contributed by atoms with Crippen molar-refractivity contribution in [2.45, 2.75) is 45.4 Å². The van der Waals surface area contributed by atoms with E-state index < -0.39 is 0 Å². The molecule has 0 saturated carbocycles. The Hall–Kier alpha value is -2.04. The Morgan fingerprint density at radius 3 is 2.81 bits per heavy atom. The Balaban J connectivity index is 0.00000243. The summed E-state index contributed by atoms with van der Waals surface area (Å²) in [7, 11) is 0. The summed E-state index contributed by atoms with van der Waals surface area (Å²) in [4.78, 5) is 12.5. The first kappa shape index (κ1) is 20.3. The van der Waals surface area contributed by atoms with Gasteiger partial charge in [-0.15, -0.1) is 12.4 Å². The fourth-order valence-corrected chi connectivity index (χ4v) is 3.23. The highest BCUT2D eigenvalue weighted by Crippen LogP contribution is 2.17. The van der Waals surface area contributed by atoms with Gasteiger partial charge in [-0.25, -0.2) is 0 Å². The second-order valence-electron chi connectivity index (χ2n) is 6.86. The number of ether oxygens (including phenoxy) is 1. The third kappa shape index (κ3) is 5.75. The van der Waals surface area contributed by atoms with E-state index in [4.69, 9.17) is 4.74 Å². The average molecular weight is 375 g/mol. The summed E-state index contributed by atoms with van der Waals surface area (Å²) < 4.78 is 5.85. The molecule has 2 aromatic rings. The first-order chi connectivity index (χ1) is 12.1. The predicted octanol–water partition coefficient (Wildman–Crippen LogP) is 3.87. The number of carbonyl (C=O) groups is 1. The van der Waals surface area contributed by atoms with Crippen LogP contribution in [0.25, 0.3) is 0 Å². The molecule has 1 aliphatic rings. The molecular formula is C21H27ClN2O2. The molecule has 3 rings (SSSR count). The maximum atomic E-state index is 12.5. The molecule has 5 heteroatoms. The lowest BCUT2D eigenvalue weighted by Crippen LogP contribution is -2.46. The van der Waals surface area contributed by atoms with E-state index in [0.29, 0.717) is 24.0 Å². The second-order valence-corrected chi connectivity index (χ2v) is 6.86. The molecule has 2 N–H and O–H groups in total. The van der Waals surface area contributed by atoms with Crippen molar-refractivity contribution in [1.29, 1.82) is 0 Å². The summed E-state index contributed by atoms with van der Waals surface area (Å²) in [5.74, 6) is 0.688. The first-order valence-electron chi connectivity index (χ1n) is 8.93. The van der Waals surface area contributed by atoms with Gasteiger partial charge in [-0.1, -0.05) is 35.9 Å². The molecule has 0 aromatic heterocycles. The van der Waals surface area contributed by atoms with E-state index in [0.717, 1.165) is 24.9 Å². The SMILES string of the molecule is Cc1cccc(COc2cccc(C(=O)NC3CCNC(C)C3)c2)c1.Cl. The van der Waals surface area contributed by atoms with Crippen molar-refractivity contribution in [3.8, 4) is 5.75 Å². The van der Waals surface area contributed by atoms with Crippen LogP contribution in [0.1, 0.15) is 41.3 Å². The summed E-state index contributed by atoms with van der Waals surface area (Å²) >= 11 is 0. The van der Waals surface area contributed by atoms with Crippen LogP contribution in [0.4, 0.5) is 0 Å². The van der Waals surface area contributed by atoms with Gasteiger partial charge >= 0.3 is 0 Å². The highest BCUT2D eigenvalue weighted by Gasteiger charge is 2.20. The van der Waals surface area contributed by atoms with Gasteiger partial charge in [0.25, 0.3) is 5.91 Å². The molecule has 4 nitrogen and oxygen atoms in total. The number of halogens is 1. The summed E-state index contributed by atoms with van der Waals surface area (Å²) in [5.41, 5.74) is 2.98. The monoisotopic (exact) mass is 374 g/mol. The maximum absolute atomic E-state index is 12.5. The molecular weight excluding hydrogens is 348 g/mol. The van der Waals surface area contributed by atoms with Crippen LogP contribution >= 0.6 is 12.4 Å². The molecule has 0 spiro atoms. The molecule has 2 unspecified atom stereocenters. The van der Waals surface area contributed by atoms with Gasteiger partial charge in [-0.3, -0.25) is 4.79 Å². The lowest BCUT2D eigenvalue weighted by molar-refractivity contribution is 0.0925.